The molecular weight excluding hydrogens is 465 g/mol. The van der Waals surface area contributed by atoms with E-state index in [1.165, 1.54) is 23.5 Å². The number of hydrogen-bond acceptors (Lipinski definition) is 6. The Balaban J connectivity index is 1.49. The van der Waals surface area contributed by atoms with E-state index in [2.05, 4.69) is 4.98 Å². The predicted molar refractivity (Wildman–Crippen MR) is 132 cm³/mol. The van der Waals surface area contributed by atoms with E-state index >= 15 is 0 Å². The molecule has 1 unspecified atom stereocenters. The number of anilines is 1. The molecule has 4 aromatic rings. The van der Waals surface area contributed by atoms with Crippen LogP contribution in [-0.2, 0) is 0 Å². The third kappa shape index (κ3) is 4.42. The molecule has 0 radical (unpaired) electrons. The third-order valence-electron chi connectivity index (χ3n) is 4.93. The highest BCUT2D eigenvalue weighted by atomic mass is 35.5. The van der Waals surface area contributed by atoms with Crippen molar-refractivity contribution in [1.82, 2.24) is 4.98 Å². The van der Waals surface area contributed by atoms with E-state index in [0.29, 0.717) is 21.5 Å². The quantitative estimate of drug-likeness (QED) is 0.332. The van der Waals surface area contributed by atoms with E-state index in [0.717, 1.165) is 26.4 Å². The smallest absolute Gasteiger partial charge is 0.209 e. The standard InChI is InChI=1S/C24H17ClFN3OS2/c25-16-7-11-18(12-8-16)31-14-21-19(13-15-5-9-17(26)10-6-15)23(30)29(28-21)24-27-20-3-1-2-4-22(20)32-24/h1-13,23,30H,14H2. The maximum Gasteiger partial charge on any atom is 0.209 e. The van der Waals surface area contributed by atoms with Crippen molar-refractivity contribution in [3.63, 3.8) is 0 Å². The first-order valence-electron chi connectivity index (χ1n) is 9.83. The second kappa shape index (κ2) is 9.03. The fourth-order valence-electron chi connectivity index (χ4n) is 3.32. The summed E-state index contributed by atoms with van der Waals surface area (Å²) < 4.78 is 14.4. The van der Waals surface area contributed by atoms with Crippen LogP contribution >= 0.6 is 34.7 Å². The molecule has 0 amide bonds. The lowest BCUT2D eigenvalue weighted by Crippen LogP contribution is -2.27. The largest absolute Gasteiger partial charge is 0.368 e. The van der Waals surface area contributed by atoms with E-state index in [-0.39, 0.29) is 5.82 Å². The summed E-state index contributed by atoms with van der Waals surface area (Å²) >= 11 is 9.07. The van der Waals surface area contributed by atoms with Gasteiger partial charge in [-0.05, 0) is 60.2 Å². The lowest BCUT2D eigenvalue weighted by molar-refractivity contribution is 0.219. The van der Waals surface area contributed by atoms with Crippen molar-refractivity contribution >= 4 is 61.8 Å². The van der Waals surface area contributed by atoms with E-state index in [1.54, 1.807) is 28.9 Å². The van der Waals surface area contributed by atoms with Gasteiger partial charge in [0.05, 0.1) is 15.9 Å². The fraction of sp³-hybridized carbons (Fsp3) is 0.0833. The van der Waals surface area contributed by atoms with Gasteiger partial charge in [0.25, 0.3) is 0 Å². The average Bonchev–Trinajstić information content (AvgIpc) is 3.36. The average molecular weight is 482 g/mol. The zero-order valence-corrected chi connectivity index (χ0v) is 19.0. The molecule has 5 rings (SSSR count). The summed E-state index contributed by atoms with van der Waals surface area (Å²) in [4.78, 5) is 5.69. The summed E-state index contributed by atoms with van der Waals surface area (Å²) in [6, 6.07) is 21.6. The molecule has 0 saturated carbocycles. The van der Waals surface area contributed by atoms with Gasteiger partial charge in [-0.1, -0.05) is 47.2 Å². The van der Waals surface area contributed by atoms with Gasteiger partial charge in [-0.15, -0.1) is 11.8 Å². The molecule has 1 N–H and O–H groups in total. The minimum atomic E-state index is -0.985. The maximum atomic E-state index is 13.4. The summed E-state index contributed by atoms with van der Waals surface area (Å²) in [5.41, 5.74) is 3.05. The summed E-state index contributed by atoms with van der Waals surface area (Å²) in [7, 11) is 0. The van der Waals surface area contributed by atoms with Crippen LogP contribution in [0.2, 0.25) is 5.02 Å². The van der Waals surface area contributed by atoms with Crippen LogP contribution in [0.25, 0.3) is 16.3 Å². The molecule has 32 heavy (non-hydrogen) atoms. The molecule has 0 aliphatic carbocycles. The van der Waals surface area contributed by atoms with Crippen LogP contribution in [0.3, 0.4) is 0 Å². The lowest BCUT2D eigenvalue weighted by Gasteiger charge is -2.16. The number of hydrazone groups is 1. The Labute approximate surface area is 197 Å². The highest BCUT2D eigenvalue weighted by Gasteiger charge is 2.33. The first-order chi connectivity index (χ1) is 15.6. The Kier molecular flexibility index (Phi) is 5.97. The number of aliphatic hydroxyl groups is 1. The molecule has 0 saturated heterocycles. The van der Waals surface area contributed by atoms with Crippen molar-refractivity contribution in [1.29, 1.82) is 0 Å². The number of nitrogens with zero attached hydrogens (tertiary/aromatic N) is 3. The van der Waals surface area contributed by atoms with Gasteiger partial charge in [0.15, 0.2) is 6.23 Å². The molecule has 2 heterocycles. The number of fused-ring (bicyclic) bond motifs is 1. The number of thiazole rings is 1. The number of thioether (sulfide) groups is 1. The Bertz CT molecular complexity index is 1290. The van der Waals surface area contributed by atoms with Crippen molar-refractivity contribution in [2.45, 2.75) is 11.1 Å². The minimum absolute atomic E-state index is 0.303. The topological polar surface area (TPSA) is 48.7 Å². The fourth-order valence-corrected chi connectivity index (χ4v) is 5.24. The van der Waals surface area contributed by atoms with Crippen LogP contribution < -0.4 is 5.01 Å². The van der Waals surface area contributed by atoms with Gasteiger partial charge >= 0.3 is 0 Å². The van der Waals surface area contributed by atoms with Crippen molar-refractivity contribution in [2.75, 3.05) is 10.8 Å². The normalized spacial score (nSPS) is 17.3. The van der Waals surface area contributed by atoms with Crippen LogP contribution in [0.1, 0.15) is 5.56 Å². The van der Waals surface area contributed by atoms with Crippen molar-refractivity contribution in [3.8, 4) is 0 Å². The molecular formula is C24H17ClFN3OS2. The van der Waals surface area contributed by atoms with Crippen molar-refractivity contribution in [2.24, 2.45) is 5.10 Å². The molecule has 8 heteroatoms. The molecule has 1 aromatic heterocycles. The highest BCUT2D eigenvalue weighted by Crippen LogP contribution is 2.35. The van der Waals surface area contributed by atoms with Gasteiger partial charge in [0, 0.05) is 21.2 Å². The first kappa shape index (κ1) is 21.2. The number of aromatic nitrogens is 1. The van der Waals surface area contributed by atoms with Gasteiger partial charge in [0.2, 0.25) is 5.13 Å². The number of benzene rings is 3. The molecule has 3 aromatic carbocycles. The number of para-hydroxylation sites is 1. The van der Waals surface area contributed by atoms with Gasteiger partial charge in [-0.25, -0.2) is 14.4 Å². The van der Waals surface area contributed by atoms with E-state index in [9.17, 15) is 9.50 Å². The van der Waals surface area contributed by atoms with E-state index in [1.807, 2.05) is 54.6 Å². The van der Waals surface area contributed by atoms with Gasteiger partial charge in [-0.2, -0.15) is 5.10 Å². The second-order valence-electron chi connectivity index (χ2n) is 7.12. The maximum absolute atomic E-state index is 13.4. The number of hydrogen-bond donors (Lipinski definition) is 1. The summed E-state index contributed by atoms with van der Waals surface area (Å²) in [6.07, 6.45) is 0.861. The monoisotopic (exact) mass is 481 g/mol. The number of aliphatic hydroxyl groups excluding tert-OH is 1. The minimum Gasteiger partial charge on any atom is -0.368 e. The van der Waals surface area contributed by atoms with Gasteiger partial charge in [-0.3, -0.25) is 0 Å². The van der Waals surface area contributed by atoms with Crippen molar-refractivity contribution in [3.05, 3.63) is 94.8 Å². The Morgan fingerprint density at radius 2 is 1.81 bits per heavy atom. The Morgan fingerprint density at radius 1 is 1.06 bits per heavy atom. The zero-order chi connectivity index (χ0) is 22.1. The molecule has 0 fully saturated rings. The van der Waals surface area contributed by atoms with Crippen LogP contribution in [0.15, 0.2) is 88.4 Å². The van der Waals surface area contributed by atoms with Gasteiger partial charge in [0.1, 0.15) is 5.82 Å². The highest BCUT2D eigenvalue weighted by molar-refractivity contribution is 8.00. The first-order valence-corrected chi connectivity index (χ1v) is 12.0. The Hall–Kier alpha value is -2.71. The molecule has 1 aliphatic rings. The molecule has 1 aliphatic heterocycles. The number of halogens is 2. The Morgan fingerprint density at radius 3 is 2.56 bits per heavy atom. The molecule has 0 spiro atoms. The lowest BCUT2D eigenvalue weighted by atomic mass is 10.1. The summed E-state index contributed by atoms with van der Waals surface area (Å²) in [5, 5.41) is 18.7. The van der Waals surface area contributed by atoms with Crippen LogP contribution in [0, 0.1) is 5.82 Å². The SMILES string of the molecule is OC1C(=Cc2ccc(F)cc2)C(CSc2ccc(Cl)cc2)=NN1c1nc2ccccc2s1. The summed E-state index contributed by atoms with van der Waals surface area (Å²) in [5.74, 6) is 0.245. The van der Waals surface area contributed by atoms with Crippen molar-refractivity contribution < 1.29 is 9.50 Å². The zero-order valence-electron chi connectivity index (χ0n) is 16.7. The van der Waals surface area contributed by atoms with Gasteiger partial charge < -0.3 is 5.11 Å². The molecule has 0 bridgehead atoms. The predicted octanol–water partition coefficient (Wildman–Crippen LogP) is 6.46. The molecule has 4 nitrogen and oxygen atoms in total. The third-order valence-corrected chi connectivity index (χ3v) is 7.23. The molecule has 1 atom stereocenters. The molecule has 160 valence electrons. The second-order valence-corrected chi connectivity index (χ2v) is 9.62. The van der Waals surface area contributed by atoms with E-state index in [4.69, 9.17) is 16.7 Å². The van der Waals surface area contributed by atoms with E-state index < -0.39 is 6.23 Å². The van der Waals surface area contributed by atoms with Crippen LogP contribution in [-0.4, -0.2) is 27.8 Å². The van der Waals surface area contributed by atoms with Crippen LogP contribution in [0.4, 0.5) is 9.52 Å². The summed E-state index contributed by atoms with van der Waals surface area (Å²) in [6.45, 7) is 0. The van der Waals surface area contributed by atoms with Crippen LogP contribution in [0.5, 0.6) is 0 Å². The number of rotatable bonds is 5.